The van der Waals surface area contributed by atoms with Crippen molar-refractivity contribution in [1.29, 1.82) is 0 Å². The molecular weight excluding hydrogens is 400 g/mol. The topological polar surface area (TPSA) is 93.2 Å². The van der Waals surface area contributed by atoms with E-state index in [4.69, 9.17) is 0 Å². The number of phenols is 2. The molecule has 6 heteroatoms. The maximum atomic E-state index is 10.2. The number of aromatic nitrogens is 2. The van der Waals surface area contributed by atoms with Gasteiger partial charge < -0.3 is 20.8 Å². The standard InChI is InChI=1S/C26H28N4O2/c1-16(2)27-15-18-4-10-21(11-5-18)28-25-14-23(29-30-25)19-6-8-20(9-7-19)26-17(3)12-22(31)13-24(26)32/h4-14,16,27,31-32H,15H2,1-3H3,(H2,28,29,30). The summed E-state index contributed by atoms with van der Waals surface area (Å²) in [5.74, 6) is 0.859. The molecule has 0 bridgehead atoms. The van der Waals surface area contributed by atoms with Crippen molar-refractivity contribution in [2.45, 2.75) is 33.4 Å². The summed E-state index contributed by atoms with van der Waals surface area (Å²) < 4.78 is 0. The first-order valence-corrected chi connectivity index (χ1v) is 10.7. The molecule has 4 rings (SSSR count). The van der Waals surface area contributed by atoms with Crippen LogP contribution in [0.1, 0.15) is 25.0 Å². The molecular formula is C26H28N4O2. The predicted octanol–water partition coefficient (Wildman–Crippen LogP) is 5.70. The zero-order chi connectivity index (χ0) is 22.7. The van der Waals surface area contributed by atoms with E-state index in [1.54, 1.807) is 6.07 Å². The number of aryl methyl sites for hydroxylation is 1. The Balaban J connectivity index is 1.46. The smallest absolute Gasteiger partial charge is 0.152 e. The molecule has 5 N–H and O–H groups in total. The second-order valence-electron chi connectivity index (χ2n) is 8.26. The van der Waals surface area contributed by atoms with Crippen LogP contribution < -0.4 is 10.6 Å². The van der Waals surface area contributed by atoms with Gasteiger partial charge in [0.15, 0.2) is 5.82 Å². The fourth-order valence-electron chi connectivity index (χ4n) is 3.65. The maximum absolute atomic E-state index is 10.2. The van der Waals surface area contributed by atoms with E-state index in [2.05, 4.69) is 46.8 Å². The molecule has 0 saturated heterocycles. The molecule has 4 aromatic rings. The van der Waals surface area contributed by atoms with Gasteiger partial charge in [-0.1, -0.05) is 50.2 Å². The third kappa shape index (κ3) is 4.92. The van der Waals surface area contributed by atoms with E-state index in [9.17, 15) is 10.2 Å². The average molecular weight is 429 g/mol. The molecule has 3 aromatic carbocycles. The van der Waals surface area contributed by atoms with Gasteiger partial charge in [-0.2, -0.15) is 5.10 Å². The molecule has 0 aliphatic heterocycles. The Morgan fingerprint density at radius 2 is 1.59 bits per heavy atom. The zero-order valence-corrected chi connectivity index (χ0v) is 18.5. The lowest BCUT2D eigenvalue weighted by Gasteiger charge is -2.10. The van der Waals surface area contributed by atoms with Crippen molar-refractivity contribution in [1.82, 2.24) is 15.5 Å². The highest BCUT2D eigenvalue weighted by atomic mass is 16.3. The number of rotatable bonds is 7. The number of benzene rings is 3. The van der Waals surface area contributed by atoms with E-state index >= 15 is 0 Å². The van der Waals surface area contributed by atoms with Crippen molar-refractivity contribution in [3.63, 3.8) is 0 Å². The Kier molecular flexibility index (Phi) is 6.14. The average Bonchev–Trinajstić information content (AvgIpc) is 3.21. The third-order valence-electron chi connectivity index (χ3n) is 5.30. The van der Waals surface area contributed by atoms with Gasteiger partial charge in [-0.3, -0.25) is 5.10 Å². The van der Waals surface area contributed by atoms with Gasteiger partial charge in [-0.25, -0.2) is 0 Å². The van der Waals surface area contributed by atoms with E-state index in [1.165, 1.54) is 11.6 Å². The van der Waals surface area contributed by atoms with Crippen molar-refractivity contribution in [2.75, 3.05) is 5.32 Å². The van der Waals surface area contributed by atoms with Gasteiger partial charge in [-0.05, 0) is 47.4 Å². The van der Waals surface area contributed by atoms with Crippen LogP contribution in [0.2, 0.25) is 0 Å². The van der Waals surface area contributed by atoms with Gasteiger partial charge in [0.05, 0.1) is 5.69 Å². The van der Waals surface area contributed by atoms with Crippen molar-refractivity contribution in [2.24, 2.45) is 0 Å². The van der Waals surface area contributed by atoms with Crippen LogP contribution in [-0.4, -0.2) is 26.5 Å². The van der Waals surface area contributed by atoms with Crippen LogP contribution in [0.3, 0.4) is 0 Å². The van der Waals surface area contributed by atoms with E-state index in [0.717, 1.165) is 40.4 Å². The molecule has 0 aliphatic carbocycles. The number of anilines is 2. The Labute approximate surface area is 188 Å². The summed E-state index contributed by atoms with van der Waals surface area (Å²) in [5.41, 5.74) is 6.51. The highest BCUT2D eigenvalue weighted by molar-refractivity contribution is 5.77. The summed E-state index contributed by atoms with van der Waals surface area (Å²) in [6.45, 7) is 6.98. The minimum Gasteiger partial charge on any atom is -0.508 e. The Bertz CT molecular complexity index is 1170. The monoisotopic (exact) mass is 428 g/mol. The zero-order valence-electron chi connectivity index (χ0n) is 18.5. The summed E-state index contributed by atoms with van der Waals surface area (Å²) in [5, 5.41) is 34.1. The van der Waals surface area contributed by atoms with Gasteiger partial charge in [0.25, 0.3) is 0 Å². The fraction of sp³-hybridized carbons (Fsp3) is 0.192. The number of nitrogens with zero attached hydrogens (tertiary/aromatic N) is 1. The first kappa shape index (κ1) is 21.5. The van der Waals surface area contributed by atoms with Gasteiger partial charge in [0.1, 0.15) is 11.5 Å². The first-order valence-electron chi connectivity index (χ1n) is 10.7. The third-order valence-corrected chi connectivity index (χ3v) is 5.30. The lowest BCUT2D eigenvalue weighted by atomic mass is 9.97. The number of H-pyrrole nitrogens is 1. The molecule has 0 atom stereocenters. The summed E-state index contributed by atoms with van der Waals surface area (Å²) in [7, 11) is 0. The molecule has 0 amide bonds. The number of aromatic amines is 1. The Morgan fingerprint density at radius 1 is 0.906 bits per heavy atom. The van der Waals surface area contributed by atoms with Crippen LogP contribution >= 0.6 is 0 Å². The quantitative estimate of drug-likeness (QED) is 0.260. The van der Waals surface area contributed by atoms with E-state index in [1.807, 2.05) is 49.4 Å². The van der Waals surface area contributed by atoms with Gasteiger partial charge >= 0.3 is 0 Å². The lowest BCUT2D eigenvalue weighted by molar-refractivity contribution is 0.451. The second-order valence-corrected chi connectivity index (χ2v) is 8.26. The van der Waals surface area contributed by atoms with E-state index in [-0.39, 0.29) is 11.5 Å². The number of nitrogens with one attached hydrogen (secondary N) is 3. The summed E-state index contributed by atoms with van der Waals surface area (Å²) in [6.07, 6.45) is 0. The molecule has 0 spiro atoms. The summed E-state index contributed by atoms with van der Waals surface area (Å²) in [6, 6.07) is 21.6. The van der Waals surface area contributed by atoms with Crippen LogP contribution in [0, 0.1) is 6.92 Å². The minimum absolute atomic E-state index is 0.0553. The molecule has 0 aliphatic rings. The largest absolute Gasteiger partial charge is 0.508 e. The van der Waals surface area contributed by atoms with Crippen molar-refractivity contribution < 1.29 is 10.2 Å². The lowest BCUT2D eigenvalue weighted by Crippen LogP contribution is -2.21. The molecule has 1 heterocycles. The molecule has 0 fully saturated rings. The molecule has 164 valence electrons. The highest BCUT2D eigenvalue weighted by Crippen LogP contribution is 2.36. The van der Waals surface area contributed by atoms with Crippen molar-refractivity contribution in [3.05, 3.63) is 77.9 Å². The molecule has 6 nitrogen and oxygen atoms in total. The van der Waals surface area contributed by atoms with E-state index in [0.29, 0.717) is 11.6 Å². The molecule has 0 unspecified atom stereocenters. The number of aromatic hydroxyl groups is 2. The summed E-state index contributed by atoms with van der Waals surface area (Å²) in [4.78, 5) is 0. The van der Waals surface area contributed by atoms with Crippen molar-refractivity contribution in [3.8, 4) is 33.9 Å². The second kappa shape index (κ2) is 9.16. The van der Waals surface area contributed by atoms with Gasteiger partial charge in [0, 0.05) is 36.0 Å². The van der Waals surface area contributed by atoms with Crippen LogP contribution in [0.5, 0.6) is 11.5 Å². The molecule has 1 aromatic heterocycles. The summed E-state index contributed by atoms with van der Waals surface area (Å²) >= 11 is 0. The normalized spacial score (nSPS) is 11.1. The Hall–Kier alpha value is -3.77. The number of phenolic OH excluding ortho intramolecular Hbond substituents is 2. The van der Waals surface area contributed by atoms with Gasteiger partial charge in [0.2, 0.25) is 0 Å². The minimum atomic E-state index is 0.0553. The molecule has 0 radical (unpaired) electrons. The highest BCUT2D eigenvalue weighted by Gasteiger charge is 2.11. The van der Waals surface area contributed by atoms with Crippen molar-refractivity contribution >= 4 is 11.5 Å². The number of hydrogen-bond donors (Lipinski definition) is 5. The molecule has 32 heavy (non-hydrogen) atoms. The van der Waals surface area contributed by atoms with Gasteiger partial charge in [-0.15, -0.1) is 0 Å². The predicted molar refractivity (Wildman–Crippen MR) is 129 cm³/mol. The van der Waals surface area contributed by atoms with Crippen LogP contribution in [0.25, 0.3) is 22.4 Å². The maximum Gasteiger partial charge on any atom is 0.152 e. The first-order chi connectivity index (χ1) is 15.4. The van der Waals surface area contributed by atoms with Crippen LogP contribution in [0.4, 0.5) is 11.5 Å². The SMILES string of the molecule is Cc1cc(O)cc(O)c1-c1ccc(-c2cc(Nc3ccc(CNC(C)C)cc3)n[nH]2)cc1. The van der Waals surface area contributed by atoms with E-state index < -0.39 is 0 Å². The molecule has 0 saturated carbocycles. The number of hydrogen-bond acceptors (Lipinski definition) is 5. The van der Waals surface area contributed by atoms with Crippen LogP contribution in [-0.2, 0) is 6.54 Å². The fourth-order valence-corrected chi connectivity index (χ4v) is 3.65. The Morgan fingerprint density at radius 3 is 2.25 bits per heavy atom. The van der Waals surface area contributed by atoms with Crippen LogP contribution in [0.15, 0.2) is 66.7 Å².